The van der Waals surface area contributed by atoms with Gasteiger partial charge in [-0.3, -0.25) is 4.79 Å². The minimum absolute atomic E-state index is 0.0157. The van der Waals surface area contributed by atoms with E-state index in [0.29, 0.717) is 23.5 Å². The Balaban J connectivity index is 2.15. The second-order valence-corrected chi connectivity index (χ2v) is 6.27. The lowest BCUT2D eigenvalue weighted by Crippen LogP contribution is -2.11. The molecular weight excluding hydrogens is 316 g/mol. The number of ether oxygens (including phenoxy) is 1. The number of carbonyl (C=O) groups excluding carboxylic acids is 1. The van der Waals surface area contributed by atoms with Crippen molar-refractivity contribution in [1.29, 1.82) is 0 Å². The van der Waals surface area contributed by atoms with Crippen LogP contribution in [-0.4, -0.2) is 11.0 Å². The molecule has 4 N–H and O–H groups in total. The predicted octanol–water partition coefficient (Wildman–Crippen LogP) is 4.90. The van der Waals surface area contributed by atoms with Crippen molar-refractivity contribution in [2.75, 3.05) is 11.1 Å². The van der Waals surface area contributed by atoms with E-state index in [1.165, 1.54) is 6.07 Å². The number of nitrogens with one attached hydrogen (secondary N) is 1. The third-order valence-corrected chi connectivity index (χ3v) is 3.95. The Bertz CT molecular complexity index is 734. The van der Waals surface area contributed by atoms with Crippen LogP contribution < -0.4 is 15.8 Å². The largest absolute Gasteiger partial charge is 0.506 e. The van der Waals surface area contributed by atoms with Gasteiger partial charge in [0.25, 0.3) is 0 Å². The molecule has 2 rings (SSSR count). The summed E-state index contributed by atoms with van der Waals surface area (Å²) >= 11 is 0. The molecule has 0 saturated carbocycles. The molecule has 0 aromatic heterocycles. The van der Waals surface area contributed by atoms with Crippen LogP contribution in [0.5, 0.6) is 17.2 Å². The number of rotatable bonds is 7. The van der Waals surface area contributed by atoms with Crippen LogP contribution in [0.2, 0.25) is 0 Å². The van der Waals surface area contributed by atoms with Crippen molar-refractivity contribution >= 4 is 17.3 Å². The van der Waals surface area contributed by atoms with Gasteiger partial charge in [-0.15, -0.1) is 0 Å². The predicted molar refractivity (Wildman–Crippen MR) is 101 cm³/mol. The molecular formula is C20H26N2O3. The number of benzene rings is 2. The van der Waals surface area contributed by atoms with E-state index in [9.17, 15) is 9.90 Å². The summed E-state index contributed by atoms with van der Waals surface area (Å²) in [5.74, 6) is 1.17. The summed E-state index contributed by atoms with van der Waals surface area (Å²) in [6.07, 6.45) is 3.35. The molecule has 0 aliphatic heterocycles. The van der Waals surface area contributed by atoms with Gasteiger partial charge >= 0.3 is 0 Å². The zero-order valence-electron chi connectivity index (χ0n) is 15.1. The molecule has 0 saturated heterocycles. The third-order valence-electron chi connectivity index (χ3n) is 3.95. The number of nitrogen functional groups attached to an aromatic ring is 1. The lowest BCUT2D eigenvalue weighted by Gasteiger charge is -2.14. The SMILES string of the molecule is CCCCCC(=O)Nc1cc(Oc2c(C)cc(N)cc2C)ccc1O. The average molecular weight is 342 g/mol. The number of hydrogen-bond acceptors (Lipinski definition) is 4. The summed E-state index contributed by atoms with van der Waals surface area (Å²) < 4.78 is 5.95. The van der Waals surface area contributed by atoms with Crippen LogP contribution in [0.15, 0.2) is 30.3 Å². The lowest BCUT2D eigenvalue weighted by molar-refractivity contribution is -0.116. The number of nitrogens with two attached hydrogens (primary N) is 1. The van der Waals surface area contributed by atoms with Crippen molar-refractivity contribution in [3.05, 3.63) is 41.5 Å². The van der Waals surface area contributed by atoms with E-state index in [1.807, 2.05) is 26.0 Å². The molecule has 5 heteroatoms. The summed E-state index contributed by atoms with van der Waals surface area (Å²) in [6.45, 7) is 5.94. The van der Waals surface area contributed by atoms with Crippen LogP contribution in [0, 0.1) is 13.8 Å². The topological polar surface area (TPSA) is 84.6 Å². The Morgan fingerprint density at radius 2 is 1.84 bits per heavy atom. The molecule has 0 bridgehead atoms. The zero-order valence-corrected chi connectivity index (χ0v) is 15.1. The van der Waals surface area contributed by atoms with E-state index in [2.05, 4.69) is 12.2 Å². The number of amides is 1. The summed E-state index contributed by atoms with van der Waals surface area (Å²) in [4.78, 5) is 12.0. The van der Waals surface area contributed by atoms with E-state index in [4.69, 9.17) is 10.5 Å². The number of anilines is 2. The van der Waals surface area contributed by atoms with Crippen LogP contribution in [0.3, 0.4) is 0 Å². The molecule has 0 radical (unpaired) electrons. The van der Waals surface area contributed by atoms with Crippen molar-refractivity contribution in [1.82, 2.24) is 0 Å². The minimum atomic E-state index is -0.110. The molecule has 0 atom stereocenters. The van der Waals surface area contributed by atoms with E-state index < -0.39 is 0 Å². The summed E-state index contributed by atoms with van der Waals surface area (Å²) in [6, 6.07) is 8.50. The quantitative estimate of drug-likeness (QED) is 0.379. The Morgan fingerprint density at radius 3 is 2.48 bits per heavy atom. The highest BCUT2D eigenvalue weighted by Gasteiger charge is 2.11. The number of aryl methyl sites for hydroxylation is 2. The standard InChI is InChI=1S/C20H26N2O3/c1-4-5-6-7-19(24)22-17-12-16(8-9-18(17)23)25-20-13(2)10-15(21)11-14(20)3/h8-12,23H,4-7,21H2,1-3H3,(H,22,24). The first-order valence-electron chi connectivity index (χ1n) is 8.58. The maximum absolute atomic E-state index is 12.0. The molecule has 1 amide bonds. The Labute approximate surface area is 148 Å². The number of aromatic hydroxyl groups is 1. The minimum Gasteiger partial charge on any atom is -0.506 e. The fourth-order valence-electron chi connectivity index (χ4n) is 2.69. The third kappa shape index (κ3) is 5.14. The zero-order chi connectivity index (χ0) is 18.4. The Hall–Kier alpha value is -2.69. The van der Waals surface area contributed by atoms with Crippen LogP contribution in [-0.2, 0) is 4.79 Å². The molecule has 2 aromatic carbocycles. The number of hydrogen-bond donors (Lipinski definition) is 3. The second-order valence-electron chi connectivity index (χ2n) is 6.27. The van der Waals surface area contributed by atoms with Gasteiger partial charge in [-0.1, -0.05) is 19.8 Å². The number of phenols is 1. The Kier molecular flexibility index (Phi) is 6.28. The van der Waals surface area contributed by atoms with Gasteiger partial charge in [0.2, 0.25) is 5.91 Å². The smallest absolute Gasteiger partial charge is 0.224 e. The van der Waals surface area contributed by atoms with E-state index >= 15 is 0 Å². The van der Waals surface area contributed by atoms with Gasteiger partial charge in [-0.2, -0.15) is 0 Å². The molecule has 0 aliphatic carbocycles. The van der Waals surface area contributed by atoms with Gasteiger partial charge in [0.1, 0.15) is 17.2 Å². The van der Waals surface area contributed by atoms with Crippen LogP contribution in [0.1, 0.15) is 43.7 Å². The highest BCUT2D eigenvalue weighted by atomic mass is 16.5. The van der Waals surface area contributed by atoms with Crippen LogP contribution in [0.4, 0.5) is 11.4 Å². The van der Waals surface area contributed by atoms with Gasteiger partial charge in [-0.25, -0.2) is 0 Å². The van der Waals surface area contributed by atoms with Gasteiger partial charge in [0.05, 0.1) is 5.69 Å². The van der Waals surface area contributed by atoms with Crippen molar-refractivity contribution in [2.24, 2.45) is 0 Å². The fourth-order valence-corrected chi connectivity index (χ4v) is 2.69. The van der Waals surface area contributed by atoms with Gasteiger partial charge in [-0.05, 0) is 55.7 Å². The molecule has 0 heterocycles. The first-order chi connectivity index (χ1) is 11.9. The summed E-state index contributed by atoms with van der Waals surface area (Å²) in [7, 11) is 0. The van der Waals surface area contributed by atoms with Crippen molar-refractivity contribution < 1.29 is 14.6 Å². The van der Waals surface area contributed by atoms with Crippen molar-refractivity contribution in [3.8, 4) is 17.2 Å². The molecule has 0 aliphatic rings. The van der Waals surface area contributed by atoms with Crippen LogP contribution >= 0.6 is 0 Å². The van der Waals surface area contributed by atoms with Gasteiger partial charge < -0.3 is 20.9 Å². The molecule has 5 nitrogen and oxygen atoms in total. The number of carbonyl (C=O) groups is 1. The van der Waals surface area contributed by atoms with Crippen molar-refractivity contribution in [2.45, 2.75) is 46.5 Å². The molecule has 0 unspecified atom stereocenters. The first kappa shape index (κ1) is 18.6. The second kappa shape index (κ2) is 8.42. The fraction of sp³-hybridized carbons (Fsp3) is 0.350. The number of phenolic OH excluding ortho intramolecular Hbond substituents is 1. The van der Waals surface area contributed by atoms with Crippen molar-refractivity contribution in [3.63, 3.8) is 0 Å². The molecule has 134 valence electrons. The lowest BCUT2D eigenvalue weighted by atomic mass is 10.1. The Morgan fingerprint density at radius 1 is 1.16 bits per heavy atom. The highest BCUT2D eigenvalue weighted by Crippen LogP contribution is 2.34. The molecule has 0 fully saturated rings. The number of unbranched alkanes of at least 4 members (excludes halogenated alkanes) is 2. The van der Waals surface area contributed by atoms with E-state index in [1.54, 1.807) is 12.1 Å². The van der Waals surface area contributed by atoms with Gasteiger partial charge in [0.15, 0.2) is 0 Å². The molecule has 25 heavy (non-hydrogen) atoms. The maximum atomic E-state index is 12.0. The normalized spacial score (nSPS) is 10.5. The van der Waals surface area contributed by atoms with Gasteiger partial charge in [0, 0.05) is 18.2 Å². The highest BCUT2D eigenvalue weighted by molar-refractivity contribution is 5.92. The molecule has 2 aromatic rings. The average Bonchev–Trinajstić information content (AvgIpc) is 2.54. The summed E-state index contributed by atoms with van der Waals surface area (Å²) in [5, 5.41) is 12.7. The summed E-state index contributed by atoms with van der Waals surface area (Å²) in [5.41, 5.74) is 8.73. The van der Waals surface area contributed by atoms with Crippen LogP contribution in [0.25, 0.3) is 0 Å². The monoisotopic (exact) mass is 342 g/mol. The first-order valence-corrected chi connectivity index (χ1v) is 8.58. The maximum Gasteiger partial charge on any atom is 0.224 e. The molecule has 0 spiro atoms. The van der Waals surface area contributed by atoms with E-state index in [-0.39, 0.29) is 11.7 Å². The van der Waals surface area contributed by atoms with E-state index in [0.717, 1.165) is 36.1 Å².